The number of benzene rings is 1. The molecule has 0 unspecified atom stereocenters. The first-order valence-electron chi connectivity index (χ1n) is 9.12. The van der Waals surface area contributed by atoms with Gasteiger partial charge in [0.25, 0.3) is 0 Å². The topological polar surface area (TPSA) is 103 Å². The van der Waals surface area contributed by atoms with Gasteiger partial charge in [-0.1, -0.05) is 6.07 Å². The highest BCUT2D eigenvalue weighted by Crippen LogP contribution is 2.29. The molecule has 0 spiro atoms. The van der Waals surface area contributed by atoms with Crippen LogP contribution in [0.15, 0.2) is 30.3 Å². The zero-order valence-corrected chi connectivity index (χ0v) is 15.5. The van der Waals surface area contributed by atoms with Crippen molar-refractivity contribution in [3.05, 3.63) is 47.7 Å². The predicted molar refractivity (Wildman–Crippen MR) is 103 cm³/mol. The lowest BCUT2D eigenvalue weighted by Gasteiger charge is -2.31. The zero-order chi connectivity index (χ0) is 18.8. The number of phenolic OH excluding ortho intramolecular Hbond substituents is 1. The quantitative estimate of drug-likeness (QED) is 0.653. The van der Waals surface area contributed by atoms with Crippen LogP contribution in [0.4, 0.5) is 17.5 Å². The van der Waals surface area contributed by atoms with Gasteiger partial charge in [-0.3, -0.25) is 5.10 Å². The molecule has 3 heterocycles. The maximum absolute atomic E-state index is 9.62. The molecule has 140 valence electrons. The normalized spacial score (nSPS) is 15.1. The minimum absolute atomic E-state index is 0.206. The van der Waals surface area contributed by atoms with Crippen molar-refractivity contribution >= 4 is 17.5 Å². The minimum atomic E-state index is 0.206. The molecule has 1 saturated heterocycles. The maximum atomic E-state index is 9.62. The smallest absolute Gasteiger partial charge is 0.229 e. The van der Waals surface area contributed by atoms with Crippen molar-refractivity contribution in [1.82, 2.24) is 25.1 Å². The highest BCUT2D eigenvalue weighted by Gasteiger charge is 2.24. The molecule has 0 bridgehead atoms. The number of aromatic amines is 1. The average molecular weight is 365 g/mol. The number of aromatic hydroxyl groups is 1. The van der Waals surface area contributed by atoms with Crippen molar-refractivity contribution in [2.24, 2.45) is 0 Å². The van der Waals surface area contributed by atoms with Gasteiger partial charge in [-0.15, -0.1) is 0 Å². The first kappa shape index (κ1) is 17.3. The summed E-state index contributed by atoms with van der Waals surface area (Å²) in [5.74, 6) is 3.81. The number of nitrogens with zero attached hydrogens (tertiary/aromatic N) is 5. The van der Waals surface area contributed by atoms with Crippen LogP contribution in [0.3, 0.4) is 0 Å². The Kier molecular flexibility index (Phi) is 4.62. The van der Waals surface area contributed by atoms with Crippen LogP contribution in [0.5, 0.6) is 5.75 Å². The number of rotatable bonds is 4. The van der Waals surface area contributed by atoms with Gasteiger partial charge in [-0.25, -0.2) is 9.97 Å². The number of anilines is 3. The SMILES string of the molecule is Cc1cc(N2CCC(c3n[nH]c(C)n3)CC2)nc(Nc2cccc(O)c2)n1. The van der Waals surface area contributed by atoms with Gasteiger partial charge >= 0.3 is 0 Å². The Morgan fingerprint density at radius 2 is 1.93 bits per heavy atom. The standard InChI is InChI=1S/C19H23N7O/c1-12-10-17(23-19(20-12)22-15-4-3-5-16(27)11-15)26-8-6-14(7-9-26)18-21-13(2)24-25-18/h3-5,10-11,14,27H,6-9H2,1-2H3,(H,20,22,23)(H,21,24,25). The molecule has 0 saturated carbocycles. The summed E-state index contributed by atoms with van der Waals surface area (Å²) in [6.07, 6.45) is 1.99. The molecule has 0 atom stereocenters. The van der Waals surface area contributed by atoms with Gasteiger partial charge in [-0.05, 0) is 38.8 Å². The van der Waals surface area contributed by atoms with Crippen molar-refractivity contribution in [2.45, 2.75) is 32.6 Å². The van der Waals surface area contributed by atoms with E-state index in [0.717, 1.165) is 54.8 Å². The Bertz CT molecular complexity index is 931. The summed E-state index contributed by atoms with van der Waals surface area (Å²) in [4.78, 5) is 15.9. The fourth-order valence-corrected chi connectivity index (χ4v) is 3.39. The summed E-state index contributed by atoms with van der Waals surface area (Å²) in [7, 11) is 0. The van der Waals surface area contributed by atoms with Crippen molar-refractivity contribution in [3.8, 4) is 5.75 Å². The first-order valence-corrected chi connectivity index (χ1v) is 9.12. The molecule has 1 aliphatic heterocycles. The van der Waals surface area contributed by atoms with Crippen LogP contribution in [-0.2, 0) is 0 Å². The van der Waals surface area contributed by atoms with Gasteiger partial charge < -0.3 is 15.3 Å². The number of phenols is 1. The monoisotopic (exact) mass is 365 g/mol. The molecule has 0 aliphatic carbocycles. The lowest BCUT2D eigenvalue weighted by atomic mass is 9.96. The second kappa shape index (κ2) is 7.22. The van der Waals surface area contributed by atoms with Crippen molar-refractivity contribution in [1.29, 1.82) is 0 Å². The van der Waals surface area contributed by atoms with Crippen LogP contribution in [0.1, 0.15) is 36.1 Å². The van der Waals surface area contributed by atoms with Crippen molar-refractivity contribution in [3.63, 3.8) is 0 Å². The fraction of sp³-hybridized carbons (Fsp3) is 0.368. The summed E-state index contributed by atoms with van der Waals surface area (Å²) in [6.45, 7) is 5.69. The maximum Gasteiger partial charge on any atom is 0.229 e. The van der Waals surface area contributed by atoms with Crippen LogP contribution >= 0.6 is 0 Å². The Balaban J connectivity index is 1.47. The lowest BCUT2D eigenvalue weighted by molar-refractivity contribution is 0.475. The zero-order valence-electron chi connectivity index (χ0n) is 15.5. The molecule has 4 rings (SSSR count). The van der Waals surface area contributed by atoms with Gasteiger partial charge in [-0.2, -0.15) is 10.1 Å². The van der Waals surface area contributed by atoms with Gasteiger partial charge in [0.2, 0.25) is 5.95 Å². The Hall–Kier alpha value is -3.16. The van der Waals surface area contributed by atoms with Crippen molar-refractivity contribution < 1.29 is 5.11 Å². The predicted octanol–water partition coefficient (Wildman–Crippen LogP) is 3.04. The molecule has 3 N–H and O–H groups in total. The van der Waals surface area contributed by atoms with E-state index in [-0.39, 0.29) is 5.75 Å². The molecule has 1 aliphatic rings. The molecule has 8 heteroatoms. The van der Waals surface area contributed by atoms with E-state index in [1.807, 2.05) is 26.0 Å². The highest BCUT2D eigenvalue weighted by molar-refractivity contribution is 5.57. The van der Waals surface area contributed by atoms with Crippen LogP contribution in [0.2, 0.25) is 0 Å². The van der Waals surface area contributed by atoms with E-state index >= 15 is 0 Å². The fourth-order valence-electron chi connectivity index (χ4n) is 3.39. The van der Waals surface area contributed by atoms with E-state index in [0.29, 0.717) is 11.9 Å². The largest absolute Gasteiger partial charge is 0.508 e. The third-order valence-corrected chi connectivity index (χ3v) is 4.74. The number of nitrogens with one attached hydrogen (secondary N) is 2. The number of piperidine rings is 1. The molecular formula is C19H23N7O. The van der Waals surface area contributed by atoms with E-state index in [1.165, 1.54) is 0 Å². The number of hydrogen-bond donors (Lipinski definition) is 3. The number of aromatic nitrogens is 5. The summed E-state index contributed by atoms with van der Waals surface area (Å²) in [5, 5.41) is 20.0. The number of aryl methyl sites for hydroxylation is 2. The van der Waals surface area contributed by atoms with E-state index in [4.69, 9.17) is 0 Å². The van der Waals surface area contributed by atoms with Crippen LogP contribution in [0, 0.1) is 13.8 Å². The van der Waals surface area contributed by atoms with Crippen LogP contribution < -0.4 is 10.2 Å². The molecule has 0 amide bonds. The number of H-pyrrole nitrogens is 1. The lowest BCUT2D eigenvalue weighted by Crippen LogP contribution is -2.34. The molecule has 8 nitrogen and oxygen atoms in total. The molecule has 1 fully saturated rings. The Morgan fingerprint density at radius 1 is 1.11 bits per heavy atom. The minimum Gasteiger partial charge on any atom is -0.508 e. The van der Waals surface area contributed by atoms with E-state index in [9.17, 15) is 5.11 Å². The molecule has 2 aromatic heterocycles. The van der Waals surface area contributed by atoms with E-state index < -0.39 is 0 Å². The van der Waals surface area contributed by atoms with Gasteiger partial charge in [0.05, 0.1) is 0 Å². The third-order valence-electron chi connectivity index (χ3n) is 4.74. The van der Waals surface area contributed by atoms with Gasteiger partial charge in [0.15, 0.2) is 5.82 Å². The Labute approximate surface area is 157 Å². The highest BCUT2D eigenvalue weighted by atomic mass is 16.3. The second-order valence-corrected chi connectivity index (χ2v) is 6.91. The summed E-state index contributed by atoms with van der Waals surface area (Å²) < 4.78 is 0. The summed E-state index contributed by atoms with van der Waals surface area (Å²) in [5.41, 5.74) is 1.65. The Morgan fingerprint density at radius 3 is 2.63 bits per heavy atom. The average Bonchev–Trinajstić information content (AvgIpc) is 3.08. The first-order chi connectivity index (χ1) is 13.1. The molecule has 27 heavy (non-hydrogen) atoms. The third kappa shape index (κ3) is 3.99. The van der Waals surface area contributed by atoms with E-state index in [1.54, 1.807) is 18.2 Å². The summed E-state index contributed by atoms with van der Waals surface area (Å²) >= 11 is 0. The van der Waals surface area contributed by atoms with Crippen LogP contribution in [0.25, 0.3) is 0 Å². The summed E-state index contributed by atoms with van der Waals surface area (Å²) in [6, 6.07) is 8.94. The van der Waals surface area contributed by atoms with Gasteiger partial charge in [0.1, 0.15) is 17.4 Å². The molecular weight excluding hydrogens is 342 g/mol. The molecule has 3 aromatic rings. The number of hydrogen-bond acceptors (Lipinski definition) is 7. The second-order valence-electron chi connectivity index (χ2n) is 6.91. The van der Waals surface area contributed by atoms with Crippen molar-refractivity contribution in [2.75, 3.05) is 23.3 Å². The van der Waals surface area contributed by atoms with E-state index in [2.05, 4.69) is 35.4 Å². The molecule has 1 aromatic carbocycles. The molecule has 0 radical (unpaired) electrons. The van der Waals surface area contributed by atoms with Crippen LogP contribution in [-0.4, -0.2) is 43.3 Å². The van der Waals surface area contributed by atoms with Gasteiger partial charge in [0, 0.05) is 42.5 Å².